The van der Waals surface area contributed by atoms with Crippen LogP contribution < -0.4 is 10.1 Å². The van der Waals surface area contributed by atoms with Gasteiger partial charge in [-0.25, -0.2) is 4.39 Å². The van der Waals surface area contributed by atoms with Gasteiger partial charge in [0.05, 0.1) is 22.9 Å². The molecule has 1 aromatic heterocycles. The van der Waals surface area contributed by atoms with Crippen molar-refractivity contribution in [3.8, 4) is 11.8 Å². The number of nitriles is 1. The molecule has 1 heterocycles. The minimum absolute atomic E-state index is 0.113. The first kappa shape index (κ1) is 20.2. The van der Waals surface area contributed by atoms with Crippen LogP contribution in [0.2, 0.25) is 0 Å². The number of benzene rings is 2. The monoisotopic (exact) mass is 427 g/mol. The van der Waals surface area contributed by atoms with Crippen molar-refractivity contribution in [1.29, 1.82) is 5.26 Å². The zero-order chi connectivity index (χ0) is 22.1. The number of nitrogens with one attached hydrogen (secondary N) is 1. The lowest BCUT2D eigenvalue weighted by Crippen LogP contribution is -2.36. The second-order valence-corrected chi connectivity index (χ2v) is 8.41. The fraction of sp³-hybridized carbons (Fsp3) is 0.269. The lowest BCUT2D eigenvalue weighted by Gasteiger charge is -2.27. The van der Waals surface area contributed by atoms with Gasteiger partial charge >= 0.3 is 0 Å². The first-order chi connectivity index (χ1) is 15.6. The molecular weight excluding hydrogens is 405 g/mol. The zero-order valence-corrected chi connectivity index (χ0v) is 17.5. The fourth-order valence-electron chi connectivity index (χ4n) is 4.27. The highest BCUT2D eigenvalue weighted by molar-refractivity contribution is 5.95. The normalized spacial score (nSPS) is 18.2. The van der Waals surface area contributed by atoms with E-state index in [0.29, 0.717) is 16.9 Å². The van der Waals surface area contributed by atoms with Gasteiger partial charge in [0.1, 0.15) is 17.7 Å². The van der Waals surface area contributed by atoms with Crippen LogP contribution in [0.3, 0.4) is 0 Å². The van der Waals surface area contributed by atoms with Gasteiger partial charge in [-0.3, -0.25) is 9.78 Å². The average Bonchev–Trinajstić information content (AvgIpc) is 3.60. The fourth-order valence-corrected chi connectivity index (χ4v) is 4.27. The molecule has 0 bridgehead atoms. The molecule has 6 heteroatoms. The Morgan fingerprint density at radius 2 is 1.97 bits per heavy atom. The van der Waals surface area contributed by atoms with Crippen molar-refractivity contribution in [3.63, 3.8) is 0 Å². The van der Waals surface area contributed by atoms with E-state index in [-0.39, 0.29) is 17.8 Å². The second kappa shape index (κ2) is 8.08. The van der Waals surface area contributed by atoms with Crippen molar-refractivity contribution in [3.05, 3.63) is 94.6 Å². The van der Waals surface area contributed by atoms with E-state index in [2.05, 4.69) is 17.5 Å². The smallest absolute Gasteiger partial charge is 0.252 e. The maximum atomic E-state index is 13.2. The van der Waals surface area contributed by atoms with Crippen molar-refractivity contribution in [2.24, 2.45) is 0 Å². The van der Waals surface area contributed by atoms with Gasteiger partial charge in [-0.1, -0.05) is 12.1 Å². The molecule has 0 unspecified atom stereocenters. The Morgan fingerprint density at radius 3 is 2.72 bits per heavy atom. The van der Waals surface area contributed by atoms with Crippen LogP contribution in [-0.2, 0) is 12.0 Å². The number of hydrogen-bond acceptors (Lipinski definition) is 4. The molecule has 1 atom stereocenters. The molecule has 2 aromatic carbocycles. The number of carbonyl (C=O) groups is 1. The van der Waals surface area contributed by atoms with Crippen LogP contribution in [0.4, 0.5) is 4.39 Å². The average molecular weight is 427 g/mol. The number of pyridine rings is 1. The molecular formula is C26H22FN3O2. The van der Waals surface area contributed by atoms with E-state index >= 15 is 0 Å². The summed E-state index contributed by atoms with van der Waals surface area (Å²) >= 11 is 0. The summed E-state index contributed by atoms with van der Waals surface area (Å²) < 4.78 is 19.4. The van der Waals surface area contributed by atoms with Crippen LogP contribution in [0.5, 0.6) is 5.75 Å². The lowest BCUT2D eigenvalue weighted by molar-refractivity contribution is 0.0929. The van der Waals surface area contributed by atoms with Crippen LogP contribution in [0.15, 0.2) is 60.7 Å². The van der Waals surface area contributed by atoms with Gasteiger partial charge in [-0.05, 0) is 80.6 Å². The molecule has 3 aromatic rings. The Balaban J connectivity index is 1.35. The first-order valence-corrected chi connectivity index (χ1v) is 10.8. The maximum absolute atomic E-state index is 13.2. The molecule has 1 amide bonds. The number of ether oxygens (including phenoxy) is 1. The third kappa shape index (κ3) is 3.94. The lowest BCUT2D eigenvalue weighted by atomic mass is 9.92. The topological polar surface area (TPSA) is 75.0 Å². The summed E-state index contributed by atoms with van der Waals surface area (Å²) in [4.78, 5) is 17.6. The summed E-state index contributed by atoms with van der Waals surface area (Å²) in [5.41, 5.74) is 3.46. The van der Waals surface area contributed by atoms with Crippen molar-refractivity contribution >= 4 is 5.91 Å². The predicted octanol–water partition coefficient (Wildman–Crippen LogP) is 4.97. The third-order valence-corrected chi connectivity index (χ3v) is 6.18. The summed E-state index contributed by atoms with van der Waals surface area (Å²) in [7, 11) is 0. The van der Waals surface area contributed by atoms with Crippen LogP contribution in [0.25, 0.3) is 0 Å². The number of carbonyl (C=O) groups excluding carboxylic acids is 1. The maximum Gasteiger partial charge on any atom is 0.252 e. The van der Waals surface area contributed by atoms with E-state index in [1.54, 1.807) is 12.1 Å². The molecule has 1 saturated carbocycles. The first-order valence-electron chi connectivity index (χ1n) is 10.8. The molecule has 1 N–H and O–H groups in total. The van der Waals surface area contributed by atoms with Gasteiger partial charge in [0.25, 0.3) is 5.91 Å². The van der Waals surface area contributed by atoms with Crippen LogP contribution in [-0.4, -0.2) is 10.9 Å². The molecule has 0 spiro atoms. The van der Waals surface area contributed by atoms with Gasteiger partial charge in [-0.2, -0.15) is 5.26 Å². The van der Waals surface area contributed by atoms with Crippen molar-refractivity contribution in [2.75, 3.05) is 0 Å². The van der Waals surface area contributed by atoms with E-state index in [1.807, 2.05) is 18.2 Å². The van der Waals surface area contributed by atoms with Gasteiger partial charge in [-0.15, -0.1) is 0 Å². The highest BCUT2D eigenvalue weighted by atomic mass is 19.1. The van der Waals surface area contributed by atoms with E-state index in [4.69, 9.17) is 15.0 Å². The highest BCUT2D eigenvalue weighted by Gasteiger charge is 2.47. The summed E-state index contributed by atoms with van der Waals surface area (Å²) in [5, 5.41) is 12.2. The van der Waals surface area contributed by atoms with Gasteiger partial charge in [0.2, 0.25) is 0 Å². The molecule has 1 fully saturated rings. The Hall–Kier alpha value is -3.72. The standard InChI is InChI=1S/C26H22FN3O2/c27-19-9-7-18(8-10-19)25(31)30-26(13-14-26)24-12-11-21-22(29-24)5-2-6-23(21)32-20-4-1-3-17(15-20)16-28/h1,3-4,7-12,15,23H,2,5-6,13-14H2,(H,30,31)/t23-/m0/s1. The minimum atomic E-state index is -0.463. The second-order valence-electron chi connectivity index (χ2n) is 8.41. The molecule has 0 aliphatic heterocycles. The van der Waals surface area contributed by atoms with E-state index in [9.17, 15) is 9.18 Å². The van der Waals surface area contributed by atoms with Crippen molar-refractivity contribution in [1.82, 2.24) is 10.3 Å². The van der Waals surface area contributed by atoms with Crippen molar-refractivity contribution < 1.29 is 13.9 Å². The number of aryl methyl sites for hydroxylation is 1. The molecule has 5 nitrogen and oxygen atoms in total. The van der Waals surface area contributed by atoms with Crippen LogP contribution in [0.1, 0.15) is 64.7 Å². The predicted molar refractivity (Wildman–Crippen MR) is 116 cm³/mol. The summed E-state index contributed by atoms with van der Waals surface area (Å²) in [5.74, 6) is 0.0898. The van der Waals surface area contributed by atoms with E-state index in [1.165, 1.54) is 24.3 Å². The largest absolute Gasteiger partial charge is 0.486 e. The van der Waals surface area contributed by atoms with Gasteiger partial charge in [0, 0.05) is 16.8 Å². The highest BCUT2D eigenvalue weighted by Crippen LogP contribution is 2.46. The molecule has 0 radical (unpaired) electrons. The van der Waals surface area contributed by atoms with Crippen molar-refractivity contribution in [2.45, 2.75) is 43.7 Å². The Labute approximate surface area is 185 Å². The summed E-state index contributed by atoms with van der Waals surface area (Å²) in [6.45, 7) is 0. The van der Waals surface area contributed by atoms with Crippen LogP contribution >= 0.6 is 0 Å². The number of hydrogen-bond donors (Lipinski definition) is 1. The quantitative estimate of drug-likeness (QED) is 0.624. The Bertz CT molecular complexity index is 1210. The molecule has 2 aliphatic carbocycles. The third-order valence-electron chi connectivity index (χ3n) is 6.18. The molecule has 0 saturated heterocycles. The number of aromatic nitrogens is 1. The number of rotatable bonds is 5. The number of nitrogens with zero attached hydrogens (tertiary/aromatic N) is 2. The SMILES string of the molecule is N#Cc1cccc(O[C@H]2CCCc3nc(C4(NC(=O)c5ccc(F)cc5)CC4)ccc32)c1. The van der Waals surface area contributed by atoms with Gasteiger partial charge < -0.3 is 10.1 Å². The molecule has 32 heavy (non-hydrogen) atoms. The minimum Gasteiger partial charge on any atom is -0.486 e. The Kier molecular flexibility index (Phi) is 5.10. The molecule has 160 valence electrons. The Morgan fingerprint density at radius 1 is 1.16 bits per heavy atom. The number of amides is 1. The molecule has 2 aliphatic rings. The van der Waals surface area contributed by atoms with Gasteiger partial charge in [0.15, 0.2) is 0 Å². The zero-order valence-electron chi connectivity index (χ0n) is 17.5. The van der Waals surface area contributed by atoms with E-state index in [0.717, 1.165) is 49.1 Å². The number of halogens is 1. The summed E-state index contributed by atoms with van der Waals surface area (Å²) in [6.07, 6.45) is 4.25. The number of fused-ring (bicyclic) bond motifs is 1. The van der Waals surface area contributed by atoms with Crippen LogP contribution in [0, 0.1) is 17.1 Å². The van der Waals surface area contributed by atoms with E-state index < -0.39 is 5.54 Å². The summed E-state index contributed by atoms with van der Waals surface area (Å²) in [6, 6.07) is 18.9. The molecule has 5 rings (SSSR count).